The summed E-state index contributed by atoms with van der Waals surface area (Å²) < 4.78 is 0. The van der Waals surface area contributed by atoms with Crippen molar-refractivity contribution >= 4 is 11.8 Å². The van der Waals surface area contributed by atoms with Crippen molar-refractivity contribution < 1.29 is 9.90 Å². The van der Waals surface area contributed by atoms with Gasteiger partial charge >= 0.3 is 5.97 Å². The van der Waals surface area contributed by atoms with Gasteiger partial charge < -0.3 is 10.4 Å². The Hall–Kier alpha value is -2.50. The Balaban J connectivity index is 1.78. The van der Waals surface area contributed by atoms with Crippen LogP contribution in [0.3, 0.4) is 0 Å². The molecule has 1 saturated carbocycles. The van der Waals surface area contributed by atoms with Crippen LogP contribution in [0.25, 0.3) is 11.5 Å². The molecule has 0 bridgehead atoms. The van der Waals surface area contributed by atoms with Crippen LogP contribution in [0.15, 0.2) is 24.4 Å². The summed E-state index contributed by atoms with van der Waals surface area (Å²) >= 11 is 0. The van der Waals surface area contributed by atoms with Crippen molar-refractivity contribution in [3.63, 3.8) is 0 Å². The first-order valence-corrected chi connectivity index (χ1v) is 8.30. The summed E-state index contributed by atoms with van der Waals surface area (Å²) in [6, 6.07) is 5.93. The molecule has 0 aromatic carbocycles. The molecule has 1 aliphatic carbocycles. The summed E-state index contributed by atoms with van der Waals surface area (Å²) in [4.78, 5) is 24.6. The van der Waals surface area contributed by atoms with Crippen LogP contribution in [0, 0.1) is 19.8 Å². The Kier molecular flexibility index (Phi) is 4.74. The molecule has 0 radical (unpaired) electrons. The van der Waals surface area contributed by atoms with Crippen molar-refractivity contribution in [2.75, 3.05) is 5.32 Å². The summed E-state index contributed by atoms with van der Waals surface area (Å²) in [7, 11) is 0. The number of aliphatic carboxylic acids is 1. The van der Waals surface area contributed by atoms with Gasteiger partial charge in [-0.3, -0.25) is 9.78 Å². The summed E-state index contributed by atoms with van der Waals surface area (Å²) in [5.74, 6) is 0.544. The van der Waals surface area contributed by atoms with Crippen LogP contribution in [-0.2, 0) is 4.79 Å². The number of anilines is 1. The second kappa shape index (κ2) is 6.95. The molecule has 2 aromatic rings. The van der Waals surface area contributed by atoms with Crippen molar-refractivity contribution in [2.24, 2.45) is 5.92 Å². The summed E-state index contributed by atoms with van der Waals surface area (Å²) in [6.07, 6.45) is 4.84. The number of carbonyl (C=O) groups is 1. The zero-order valence-electron chi connectivity index (χ0n) is 14.0. The van der Waals surface area contributed by atoms with Gasteiger partial charge in [-0.05, 0) is 51.7 Å². The summed E-state index contributed by atoms with van der Waals surface area (Å²) in [6.45, 7) is 3.97. The van der Waals surface area contributed by atoms with Gasteiger partial charge in [0.25, 0.3) is 0 Å². The molecule has 6 nitrogen and oxygen atoms in total. The highest BCUT2D eigenvalue weighted by atomic mass is 16.4. The highest BCUT2D eigenvalue weighted by Gasteiger charge is 2.26. The standard InChI is InChI=1S/C18H22N4O2/c1-11-12(2)20-17(15-5-3-4-10-19-15)22-16(11)21-14-8-6-13(7-9-14)18(23)24/h3-5,10,13-14H,6-9H2,1-2H3,(H,23,24)(H,20,21,22). The molecule has 2 heterocycles. The first-order valence-electron chi connectivity index (χ1n) is 8.30. The minimum atomic E-state index is -0.681. The molecule has 0 saturated heterocycles. The maximum absolute atomic E-state index is 11.1. The van der Waals surface area contributed by atoms with Gasteiger partial charge in [0.2, 0.25) is 0 Å². The van der Waals surface area contributed by atoms with Crippen molar-refractivity contribution in [3.05, 3.63) is 35.7 Å². The molecular weight excluding hydrogens is 304 g/mol. The largest absolute Gasteiger partial charge is 0.481 e. The fourth-order valence-corrected chi connectivity index (χ4v) is 3.06. The second-order valence-electron chi connectivity index (χ2n) is 6.35. The monoisotopic (exact) mass is 326 g/mol. The minimum absolute atomic E-state index is 0.208. The van der Waals surface area contributed by atoms with Crippen LogP contribution in [0.5, 0.6) is 0 Å². The molecule has 3 rings (SSSR count). The fraction of sp³-hybridized carbons (Fsp3) is 0.444. The lowest BCUT2D eigenvalue weighted by Crippen LogP contribution is -2.30. The number of hydrogen-bond donors (Lipinski definition) is 2. The quantitative estimate of drug-likeness (QED) is 0.897. The maximum Gasteiger partial charge on any atom is 0.306 e. The van der Waals surface area contributed by atoms with Crippen molar-refractivity contribution in [3.8, 4) is 11.5 Å². The molecule has 0 unspecified atom stereocenters. The number of carboxylic acid groups (broad SMARTS) is 1. The van der Waals surface area contributed by atoms with E-state index in [4.69, 9.17) is 5.11 Å². The summed E-state index contributed by atoms with van der Waals surface area (Å²) in [5.41, 5.74) is 2.70. The molecule has 0 spiro atoms. The third kappa shape index (κ3) is 3.53. The number of pyridine rings is 1. The van der Waals surface area contributed by atoms with Gasteiger partial charge in [0.1, 0.15) is 11.5 Å². The van der Waals surface area contributed by atoms with E-state index in [9.17, 15) is 4.79 Å². The lowest BCUT2D eigenvalue weighted by molar-refractivity contribution is -0.142. The van der Waals surface area contributed by atoms with E-state index in [1.54, 1.807) is 6.20 Å². The van der Waals surface area contributed by atoms with E-state index >= 15 is 0 Å². The Labute approximate surface area is 141 Å². The lowest BCUT2D eigenvalue weighted by Gasteiger charge is -2.28. The number of nitrogens with one attached hydrogen (secondary N) is 1. The van der Waals surface area contributed by atoms with E-state index in [2.05, 4.69) is 20.3 Å². The predicted molar refractivity (Wildman–Crippen MR) is 91.7 cm³/mol. The summed E-state index contributed by atoms with van der Waals surface area (Å²) in [5, 5.41) is 12.6. The highest BCUT2D eigenvalue weighted by molar-refractivity contribution is 5.70. The number of aromatic nitrogens is 3. The fourth-order valence-electron chi connectivity index (χ4n) is 3.06. The number of rotatable bonds is 4. The molecule has 0 aliphatic heterocycles. The molecule has 0 atom stereocenters. The molecule has 6 heteroatoms. The number of hydrogen-bond acceptors (Lipinski definition) is 5. The van der Waals surface area contributed by atoms with E-state index in [0.717, 1.165) is 35.6 Å². The van der Waals surface area contributed by atoms with Crippen LogP contribution >= 0.6 is 0 Å². The van der Waals surface area contributed by atoms with E-state index in [1.807, 2.05) is 32.0 Å². The Morgan fingerprint density at radius 3 is 2.54 bits per heavy atom. The topological polar surface area (TPSA) is 88.0 Å². The number of aryl methyl sites for hydroxylation is 1. The van der Waals surface area contributed by atoms with Gasteiger partial charge in [-0.25, -0.2) is 9.97 Å². The second-order valence-corrected chi connectivity index (χ2v) is 6.35. The van der Waals surface area contributed by atoms with E-state index < -0.39 is 5.97 Å². The normalized spacial score (nSPS) is 20.6. The highest BCUT2D eigenvalue weighted by Crippen LogP contribution is 2.28. The zero-order valence-corrected chi connectivity index (χ0v) is 14.0. The number of carboxylic acids is 1. The van der Waals surface area contributed by atoms with Gasteiger partial charge in [-0.2, -0.15) is 0 Å². The Bertz CT molecular complexity index is 725. The van der Waals surface area contributed by atoms with Crippen LogP contribution in [0.1, 0.15) is 36.9 Å². The van der Waals surface area contributed by atoms with Gasteiger partial charge in [-0.15, -0.1) is 0 Å². The van der Waals surface area contributed by atoms with Crippen molar-refractivity contribution in [2.45, 2.75) is 45.6 Å². The Morgan fingerprint density at radius 1 is 1.17 bits per heavy atom. The molecule has 2 aromatic heterocycles. The van der Waals surface area contributed by atoms with Crippen LogP contribution in [0.4, 0.5) is 5.82 Å². The van der Waals surface area contributed by atoms with E-state index in [1.165, 1.54) is 0 Å². The molecule has 2 N–H and O–H groups in total. The maximum atomic E-state index is 11.1. The van der Waals surface area contributed by atoms with Crippen molar-refractivity contribution in [1.82, 2.24) is 15.0 Å². The molecule has 126 valence electrons. The minimum Gasteiger partial charge on any atom is -0.481 e. The van der Waals surface area contributed by atoms with Gasteiger partial charge in [-0.1, -0.05) is 6.07 Å². The Morgan fingerprint density at radius 2 is 1.92 bits per heavy atom. The molecular formula is C18H22N4O2. The lowest BCUT2D eigenvalue weighted by atomic mass is 9.86. The molecule has 1 aliphatic rings. The van der Waals surface area contributed by atoms with Crippen molar-refractivity contribution in [1.29, 1.82) is 0 Å². The average molecular weight is 326 g/mol. The molecule has 1 fully saturated rings. The van der Waals surface area contributed by atoms with Gasteiger partial charge in [0, 0.05) is 23.5 Å². The zero-order chi connectivity index (χ0) is 17.1. The van der Waals surface area contributed by atoms with Crippen LogP contribution in [-0.4, -0.2) is 32.1 Å². The molecule has 0 amide bonds. The first kappa shape index (κ1) is 16.4. The van der Waals surface area contributed by atoms with E-state index in [0.29, 0.717) is 18.7 Å². The number of nitrogens with zero attached hydrogens (tertiary/aromatic N) is 3. The van der Waals surface area contributed by atoms with Gasteiger partial charge in [0.15, 0.2) is 5.82 Å². The predicted octanol–water partition coefficient (Wildman–Crippen LogP) is 3.21. The third-order valence-corrected chi connectivity index (χ3v) is 4.70. The first-order chi connectivity index (χ1) is 11.5. The van der Waals surface area contributed by atoms with Crippen LogP contribution in [0.2, 0.25) is 0 Å². The van der Waals surface area contributed by atoms with E-state index in [-0.39, 0.29) is 12.0 Å². The SMILES string of the molecule is Cc1nc(-c2ccccn2)nc(NC2CCC(C(=O)O)CC2)c1C. The molecule has 24 heavy (non-hydrogen) atoms. The van der Waals surface area contributed by atoms with Gasteiger partial charge in [0.05, 0.1) is 5.92 Å². The van der Waals surface area contributed by atoms with Crippen LogP contribution < -0.4 is 5.32 Å². The third-order valence-electron chi connectivity index (χ3n) is 4.70. The smallest absolute Gasteiger partial charge is 0.306 e. The average Bonchev–Trinajstić information content (AvgIpc) is 2.60.